The number of benzene rings is 4. The Hall–Kier alpha value is -3.29. The highest BCUT2D eigenvalue weighted by atomic mass is 35.5. The lowest BCUT2D eigenvalue weighted by Crippen LogP contribution is -2.32. The van der Waals surface area contributed by atoms with Crippen LogP contribution in [0.3, 0.4) is 0 Å². The Morgan fingerprint density at radius 3 is 2.49 bits per heavy atom. The average Bonchev–Trinajstić information content (AvgIpc) is 2.99. The number of aliphatic hydroxyl groups excluding tert-OH is 1. The van der Waals surface area contributed by atoms with Crippen molar-refractivity contribution in [2.45, 2.75) is 49.4 Å². The number of rotatable bonds is 10. The third-order valence-corrected chi connectivity index (χ3v) is 8.55. The summed E-state index contributed by atoms with van der Waals surface area (Å²) < 4.78 is 12.0. The summed E-state index contributed by atoms with van der Waals surface area (Å²) in [5.41, 5.74) is 4.58. The molecule has 0 bridgehead atoms. The molecule has 1 amide bonds. The van der Waals surface area contributed by atoms with Crippen molar-refractivity contribution >= 4 is 35.0 Å². The molecule has 4 aromatic carbocycles. The average molecular weight is 588 g/mol. The number of aliphatic hydroxyl groups is 1. The number of amides is 1. The van der Waals surface area contributed by atoms with Gasteiger partial charge >= 0.3 is 0 Å². The maximum Gasteiger partial charge on any atom is 0.255 e. The van der Waals surface area contributed by atoms with Gasteiger partial charge in [0.25, 0.3) is 5.91 Å². The minimum Gasteiger partial charge on any atom is -0.494 e. The summed E-state index contributed by atoms with van der Waals surface area (Å²) in [6.45, 7) is 2.61. The zero-order valence-electron chi connectivity index (χ0n) is 23.0. The van der Waals surface area contributed by atoms with Gasteiger partial charge in [-0.25, -0.2) is 0 Å². The molecule has 41 heavy (non-hydrogen) atoms. The van der Waals surface area contributed by atoms with Crippen molar-refractivity contribution < 1.29 is 19.4 Å². The van der Waals surface area contributed by atoms with E-state index < -0.39 is 6.10 Å². The summed E-state index contributed by atoms with van der Waals surface area (Å²) in [6.07, 6.45) is 1.14. The number of hydrogen-bond donors (Lipinski definition) is 2. The normalized spacial score (nSPS) is 18.6. The van der Waals surface area contributed by atoms with Gasteiger partial charge in [-0.1, -0.05) is 54.1 Å². The lowest BCUT2D eigenvalue weighted by atomic mass is 9.94. The molecule has 3 atom stereocenters. The van der Waals surface area contributed by atoms with Crippen molar-refractivity contribution in [1.29, 1.82) is 0 Å². The highest BCUT2D eigenvalue weighted by molar-refractivity contribution is 7.99. The molecule has 5 nitrogen and oxygen atoms in total. The smallest absolute Gasteiger partial charge is 0.255 e. The number of ether oxygens (including phenoxy) is 2. The summed E-state index contributed by atoms with van der Waals surface area (Å²) in [4.78, 5) is 13.5. The van der Waals surface area contributed by atoms with Crippen LogP contribution in [0.15, 0.2) is 102 Å². The van der Waals surface area contributed by atoms with Crippen LogP contribution in [0.25, 0.3) is 0 Å². The Morgan fingerprint density at radius 1 is 1.00 bits per heavy atom. The first-order valence-electron chi connectivity index (χ1n) is 13.9. The minimum atomic E-state index is -0.430. The Labute approximate surface area is 250 Å². The quantitative estimate of drug-likeness (QED) is 0.184. The van der Waals surface area contributed by atoms with Crippen LogP contribution >= 0.6 is 23.4 Å². The van der Waals surface area contributed by atoms with Crippen LogP contribution in [0.5, 0.6) is 5.75 Å². The predicted molar refractivity (Wildman–Crippen MR) is 166 cm³/mol. The van der Waals surface area contributed by atoms with Gasteiger partial charge in [-0.15, -0.1) is 11.8 Å². The highest BCUT2D eigenvalue weighted by Gasteiger charge is 2.30. The lowest BCUT2D eigenvalue weighted by molar-refractivity contribution is -0.0875. The number of halogens is 1. The van der Waals surface area contributed by atoms with Gasteiger partial charge in [-0.3, -0.25) is 4.79 Å². The Balaban J connectivity index is 1.18. The number of carbonyl (C=O) groups excluding carboxylic acids is 1. The number of thioether (sulfide) groups is 1. The minimum absolute atomic E-state index is 0.0866. The van der Waals surface area contributed by atoms with Crippen LogP contribution in [-0.4, -0.2) is 35.6 Å². The molecular formula is C34H34ClNO4S. The Bertz CT molecular complexity index is 1430. The molecule has 212 valence electrons. The zero-order chi connectivity index (χ0) is 28.6. The fourth-order valence-corrected chi connectivity index (χ4v) is 6.06. The van der Waals surface area contributed by atoms with Crippen LogP contribution in [0.1, 0.15) is 52.9 Å². The Kier molecular flexibility index (Phi) is 10.0. The monoisotopic (exact) mass is 587 g/mol. The number of anilines is 1. The third-order valence-electron chi connectivity index (χ3n) is 7.03. The fourth-order valence-electron chi connectivity index (χ4n) is 4.95. The molecule has 3 unspecified atom stereocenters. The summed E-state index contributed by atoms with van der Waals surface area (Å²) in [5.74, 6) is 1.44. The van der Waals surface area contributed by atoms with Gasteiger partial charge in [-0.2, -0.15) is 0 Å². The van der Waals surface area contributed by atoms with E-state index in [-0.39, 0.29) is 18.1 Å². The zero-order valence-corrected chi connectivity index (χ0v) is 24.5. The maximum absolute atomic E-state index is 12.4. The molecular weight excluding hydrogens is 554 g/mol. The topological polar surface area (TPSA) is 67.8 Å². The molecule has 1 aliphatic rings. The number of nitrogens with one attached hydrogen (secondary N) is 1. The van der Waals surface area contributed by atoms with Crippen LogP contribution < -0.4 is 10.1 Å². The number of hydrogen-bond acceptors (Lipinski definition) is 5. The molecule has 1 saturated heterocycles. The molecule has 0 aromatic heterocycles. The molecule has 0 radical (unpaired) electrons. The van der Waals surface area contributed by atoms with E-state index in [1.54, 1.807) is 23.9 Å². The van der Waals surface area contributed by atoms with Gasteiger partial charge in [0.15, 0.2) is 0 Å². The van der Waals surface area contributed by atoms with Crippen molar-refractivity contribution in [3.05, 3.63) is 124 Å². The standard InChI is InChI=1S/C34H34ClNO4S/c1-2-39-29-13-8-23(9-14-29)18-26-19-25(10-17-32(26)35)33-21-28(37)20-30(40-33)22-41-31-15-11-27(12-16-31)36-34(38)24-6-4-3-5-7-24/h3-17,19,28,30,33,37H,2,18,20-22H2,1H3,(H,36,38). The molecule has 0 spiro atoms. The molecule has 7 heteroatoms. The molecule has 1 heterocycles. The lowest BCUT2D eigenvalue weighted by Gasteiger charge is -2.33. The van der Waals surface area contributed by atoms with E-state index in [0.717, 1.165) is 43.8 Å². The molecule has 0 aliphatic carbocycles. The fraction of sp³-hybridized carbons (Fsp3) is 0.265. The van der Waals surface area contributed by atoms with Gasteiger partial charge in [0, 0.05) is 39.8 Å². The first kappa shape index (κ1) is 29.2. The molecule has 1 aliphatic heterocycles. The van der Waals surface area contributed by atoms with E-state index in [0.29, 0.717) is 31.4 Å². The van der Waals surface area contributed by atoms with Crippen LogP contribution in [0.4, 0.5) is 5.69 Å². The van der Waals surface area contributed by atoms with Crippen LogP contribution in [-0.2, 0) is 11.2 Å². The summed E-state index contributed by atoms with van der Waals surface area (Å²) in [7, 11) is 0. The SMILES string of the molecule is CCOc1ccc(Cc2cc(C3CC(O)CC(CSc4ccc(NC(=O)c5ccccc5)cc4)O3)ccc2Cl)cc1. The molecule has 4 aromatic rings. The second-order valence-corrected chi connectivity index (χ2v) is 11.6. The molecule has 5 rings (SSSR count). The summed E-state index contributed by atoms with van der Waals surface area (Å²) in [5, 5.41) is 14.3. The third kappa shape index (κ3) is 8.14. The van der Waals surface area contributed by atoms with Gasteiger partial charge in [0.2, 0.25) is 0 Å². The van der Waals surface area contributed by atoms with Gasteiger partial charge in [0.05, 0.1) is 24.9 Å². The molecule has 2 N–H and O–H groups in total. The number of carbonyl (C=O) groups is 1. The van der Waals surface area contributed by atoms with E-state index in [1.165, 1.54) is 0 Å². The largest absolute Gasteiger partial charge is 0.494 e. The second-order valence-electron chi connectivity index (χ2n) is 10.1. The summed E-state index contributed by atoms with van der Waals surface area (Å²) in [6, 6.07) is 31.1. The van der Waals surface area contributed by atoms with Crippen molar-refractivity contribution in [2.24, 2.45) is 0 Å². The van der Waals surface area contributed by atoms with Gasteiger partial charge in [0.1, 0.15) is 5.75 Å². The summed E-state index contributed by atoms with van der Waals surface area (Å²) >= 11 is 8.25. The van der Waals surface area contributed by atoms with E-state index in [9.17, 15) is 9.90 Å². The van der Waals surface area contributed by atoms with Gasteiger partial charge in [-0.05, 0) is 84.6 Å². The van der Waals surface area contributed by atoms with Gasteiger partial charge < -0.3 is 19.9 Å². The van der Waals surface area contributed by atoms with E-state index in [4.69, 9.17) is 21.1 Å². The maximum atomic E-state index is 12.4. The van der Waals surface area contributed by atoms with Crippen molar-refractivity contribution in [1.82, 2.24) is 0 Å². The van der Waals surface area contributed by atoms with Crippen molar-refractivity contribution in [2.75, 3.05) is 17.7 Å². The van der Waals surface area contributed by atoms with E-state index in [2.05, 4.69) is 23.5 Å². The van der Waals surface area contributed by atoms with E-state index >= 15 is 0 Å². The van der Waals surface area contributed by atoms with Crippen molar-refractivity contribution in [3.8, 4) is 5.75 Å². The van der Waals surface area contributed by atoms with E-state index in [1.807, 2.05) is 73.7 Å². The first-order valence-corrected chi connectivity index (χ1v) is 15.3. The van der Waals surface area contributed by atoms with Crippen molar-refractivity contribution in [3.63, 3.8) is 0 Å². The first-order chi connectivity index (χ1) is 20.0. The molecule has 0 saturated carbocycles. The highest BCUT2D eigenvalue weighted by Crippen LogP contribution is 2.36. The molecule has 1 fully saturated rings. The van der Waals surface area contributed by atoms with Crippen LogP contribution in [0.2, 0.25) is 5.02 Å². The van der Waals surface area contributed by atoms with Crippen LogP contribution in [0, 0.1) is 0 Å². The predicted octanol–water partition coefficient (Wildman–Crippen LogP) is 7.96. The second kappa shape index (κ2) is 14.1. The Morgan fingerprint density at radius 2 is 1.76 bits per heavy atom.